The second kappa shape index (κ2) is 13.2. The van der Waals surface area contributed by atoms with E-state index in [0.29, 0.717) is 44.6 Å². The highest BCUT2D eigenvalue weighted by molar-refractivity contribution is 5.92. The third-order valence-electron chi connectivity index (χ3n) is 5.61. The van der Waals surface area contributed by atoms with Gasteiger partial charge in [0.1, 0.15) is 6.26 Å². The van der Waals surface area contributed by atoms with E-state index in [1.807, 2.05) is 37.3 Å². The molecule has 1 aromatic carbocycles. The predicted molar refractivity (Wildman–Crippen MR) is 132 cm³/mol. The van der Waals surface area contributed by atoms with Crippen molar-refractivity contribution in [2.45, 2.75) is 38.0 Å². The Balaban J connectivity index is 1.77. The number of ether oxygens (including phenoxy) is 1. The van der Waals surface area contributed by atoms with Crippen LogP contribution in [0.2, 0.25) is 0 Å². The summed E-state index contributed by atoms with van der Waals surface area (Å²) in [7, 11) is 0. The number of benzene rings is 1. The maximum Gasteiger partial charge on any atom is 0.323 e. The van der Waals surface area contributed by atoms with E-state index in [-0.39, 0.29) is 18.0 Å². The van der Waals surface area contributed by atoms with E-state index < -0.39 is 17.3 Å². The number of carbonyl (C=O) groups is 2. The minimum absolute atomic E-state index is 0.00750. The maximum absolute atomic E-state index is 12.7. The third kappa shape index (κ3) is 6.86. The van der Waals surface area contributed by atoms with Gasteiger partial charge in [-0.05, 0) is 49.8 Å². The number of carbonyl (C=O) groups excluding carboxylic acids is 1. The first kappa shape index (κ1) is 25.8. The van der Waals surface area contributed by atoms with Crippen LogP contribution in [-0.2, 0) is 14.9 Å². The Morgan fingerprint density at radius 1 is 1.17 bits per heavy atom. The number of oxazole rings is 1. The van der Waals surface area contributed by atoms with Gasteiger partial charge in [0, 0.05) is 32.2 Å². The summed E-state index contributed by atoms with van der Waals surface area (Å²) in [5.74, 6) is -1.50. The number of nitrogens with zero attached hydrogens (tertiary/aromatic N) is 2. The summed E-state index contributed by atoms with van der Waals surface area (Å²) in [5.41, 5.74) is 0.0602. The molecular formula is C27H31N3O5. The molecule has 3 rings (SSSR count). The molecule has 0 aliphatic rings. The van der Waals surface area contributed by atoms with Gasteiger partial charge < -0.3 is 19.6 Å². The lowest BCUT2D eigenvalue weighted by Crippen LogP contribution is -2.38. The molecular weight excluding hydrogens is 446 g/mol. The molecule has 0 radical (unpaired) electrons. The van der Waals surface area contributed by atoms with Crippen LogP contribution in [0.1, 0.15) is 60.1 Å². The van der Waals surface area contributed by atoms with Gasteiger partial charge in [0.05, 0.1) is 0 Å². The average molecular weight is 478 g/mol. The molecule has 8 nitrogen and oxygen atoms in total. The van der Waals surface area contributed by atoms with Gasteiger partial charge in [-0.15, -0.1) is 0 Å². The molecule has 0 aliphatic heterocycles. The molecule has 0 saturated heterocycles. The van der Waals surface area contributed by atoms with Gasteiger partial charge in [0.25, 0.3) is 5.91 Å². The number of hydrogen-bond acceptors (Lipinski definition) is 6. The first-order valence-corrected chi connectivity index (χ1v) is 11.8. The summed E-state index contributed by atoms with van der Waals surface area (Å²) in [6.07, 6.45) is 10.8. The molecule has 1 amide bonds. The van der Waals surface area contributed by atoms with E-state index in [1.54, 1.807) is 36.7 Å². The molecule has 2 aromatic heterocycles. The van der Waals surface area contributed by atoms with Crippen molar-refractivity contribution in [3.8, 4) is 0 Å². The molecule has 2 heterocycles. The highest BCUT2D eigenvalue weighted by Crippen LogP contribution is 2.37. The van der Waals surface area contributed by atoms with Gasteiger partial charge in [0.15, 0.2) is 11.1 Å². The van der Waals surface area contributed by atoms with Crippen LogP contribution in [0.15, 0.2) is 71.6 Å². The van der Waals surface area contributed by atoms with Gasteiger partial charge in [0.2, 0.25) is 5.89 Å². The zero-order valence-corrected chi connectivity index (χ0v) is 19.9. The second-order valence-electron chi connectivity index (χ2n) is 8.00. The number of aliphatic carboxylic acids is 1. The number of allylic oxidation sites excluding steroid dienone is 1. The number of unbranched alkanes of at least 4 members (excludes halogenated alkanes) is 1. The molecule has 2 N–H and O–H groups in total. The number of pyridine rings is 1. The number of carboxylic acid groups (broad SMARTS) is 1. The summed E-state index contributed by atoms with van der Waals surface area (Å²) in [5, 5.41) is 13.2. The molecule has 1 atom stereocenters. The van der Waals surface area contributed by atoms with Gasteiger partial charge in [-0.2, -0.15) is 0 Å². The molecule has 8 heteroatoms. The number of rotatable bonds is 14. The molecule has 0 bridgehead atoms. The standard InChI is InChI=1S/C27H31N3O5/c1-2-34-18-10-17-29-24(31)23-20-35-25(30-23)27(26(32)33,22-13-6-3-7-14-22)15-8-4-5-11-21-12-9-16-28-19-21/h3,5-7,9,11-14,16,19-20H,2,4,8,10,15,17-18H2,1H3,(H,29,31)(H,32,33). The van der Waals surface area contributed by atoms with E-state index in [4.69, 9.17) is 9.15 Å². The van der Waals surface area contributed by atoms with Crippen LogP contribution in [0.25, 0.3) is 6.08 Å². The second-order valence-corrected chi connectivity index (χ2v) is 8.00. The molecule has 35 heavy (non-hydrogen) atoms. The van der Waals surface area contributed by atoms with Crippen molar-refractivity contribution in [1.29, 1.82) is 0 Å². The van der Waals surface area contributed by atoms with E-state index in [9.17, 15) is 14.7 Å². The lowest BCUT2D eigenvalue weighted by atomic mass is 9.76. The van der Waals surface area contributed by atoms with Crippen LogP contribution in [0.4, 0.5) is 0 Å². The lowest BCUT2D eigenvalue weighted by Gasteiger charge is -2.26. The summed E-state index contributed by atoms with van der Waals surface area (Å²) < 4.78 is 10.9. The van der Waals surface area contributed by atoms with Crippen LogP contribution in [0.5, 0.6) is 0 Å². The zero-order chi connectivity index (χ0) is 24.9. The molecule has 1 unspecified atom stereocenters. The Hall–Kier alpha value is -3.78. The Kier molecular flexibility index (Phi) is 9.74. The van der Waals surface area contributed by atoms with E-state index in [2.05, 4.69) is 15.3 Å². The quantitative estimate of drug-likeness (QED) is 0.329. The number of hydrogen-bond donors (Lipinski definition) is 2. The fraction of sp³-hybridized carbons (Fsp3) is 0.333. The normalized spacial score (nSPS) is 12.9. The first-order valence-electron chi connectivity index (χ1n) is 11.8. The SMILES string of the molecule is CCOCCCNC(=O)c1coc(C(CCCC=Cc2cccnc2)(C(=O)O)c2ccccc2)n1. The van der Waals surface area contributed by atoms with Gasteiger partial charge in [-0.1, -0.05) is 48.6 Å². The van der Waals surface area contributed by atoms with Crippen molar-refractivity contribution in [2.75, 3.05) is 19.8 Å². The monoisotopic (exact) mass is 477 g/mol. The van der Waals surface area contributed by atoms with Gasteiger partial charge >= 0.3 is 5.97 Å². The smallest absolute Gasteiger partial charge is 0.323 e. The third-order valence-corrected chi connectivity index (χ3v) is 5.61. The van der Waals surface area contributed by atoms with E-state index in [1.165, 1.54) is 6.26 Å². The van der Waals surface area contributed by atoms with Crippen molar-refractivity contribution >= 4 is 18.0 Å². The van der Waals surface area contributed by atoms with Crippen LogP contribution in [0.3, 0.4) is 0 Å². The molecule has 0 fully saturated rings. The molecule has 3 aromatic rings. The van der Waals surface area contributed by atoms with Crippen molar-refractivity contribution in [3.63, 3.8) is 0 Å². The minimum Gasteiger partial charge on any atom is -0.480 e. The van der Waals surface area contributed by atoms with Gasteiger partial charge in [-0.25, -0.2) is 4.98 Å². The average Bonchev–Trinajstić information content (AvgIpc) is 3.38. The van der Waals surface area contributed by atoms with Crippen molar-refractivity contribution < 1.29 is 23.8 Å². The topological polar surface area (TPSA) is 115 Å². The fourth-order valence-corrected chi connectivity index (χ4v) is 3.78. The summed E-state index contributed by atoms with van der Waals surface area (Å²) in [4.78, 5) is 33.7. The predicted octanol–water partition coefficient (Wildman–Crippen LogP) is 4.48. The fourth-order valence-electron chi connectivity index (χ4n) is 3.78. The Morgan fingerprint density at radius 2 is 2.00 bits per heavy atom. The van der Waals surface area contributed by atoms with Crippen molar-refractivity contribution in [1.82, 2.24) is 15.3 Å². The molecule has 0 spiro atoms. The minimum atomic E-state index is -1.52. The van der Waals surface area contributed by atoms with E-state index >= 15 is 0 Å². The number of aromatic nitrogens is 2. The highest BCUT2D eigenvalue weighted by Gasteiger charge is 2.46. The summed E-state index contributed by atoms with van der Waals surface area (Å²) >= 11 is 0. The highest BCUT2D eigenvalue weighted by atomic mass is 16.5. The van der Waals surface area contributed by atoms with Crippen LogP contribution >= 0.6 is 0 Å². The number of nitrogens with one attached hydrogen (secondary N) is 1. The Bertz CT molecular complexity index is 1100. The molecule has 0 aliphatic carbocycles. The van der Waals surface area contributed by atoms with Crippen molar-refractivity contribution in [2.24, 2.45) is 0 Å². The molecule has 184 valence electrons. The largest absolute Gasteiger partial charge is 0.480 e. The number of carboxylic acids is 1. The zero-order valence-electron chi connectivity index (χ0n) is 19.9. The van der Waals surface area contributed by atoms with Crippen LogP contribution < -0.4 is 5.32 Å². The van der Waals surface area contributed by atoms with Crippen LogP contribution in [0, 0.1) is 0 Å². The van der Waals surface area contributed by atoms with Crippen molar-refractivity contribution in [3.05, 3.63) is 89.9 Å². The maximum atomic E-state index is 12.7. The Labute approximate surface area is 205 Å². The summed E-state index contributed by atoms with van der Waals surface area (Å²) in [6.45, 7) is 3.50. The van der Waals surface area contributed by atoms with E-state index in [0.717, 1.165) is 5.56 Å². The Morgan fingerprint density at radius 3 is 2.71 bits per heavy atom. The molecule has 0 saturated carbocycles. The summed E-state index contributed by atoms with van der Waals surface area (Å²) in [6, 6.07) is 12.7. The van der Waals surface area contributed by atoms with Gasteiger partial charge in [-0.3, -0.25) is 14.6 Å². The lowest BCUT2D eigenvalue weighted by molar-refractivity contribution is -0.143. The van der Waals surface area contributed by atoms with Crippen LogP contribution in [-0.4, -0.2) is 46.7 Å². The number of amides is 1. The first-order chi connectivity index (χ1) is 17.1.